The summed E-state index contributed by atoms with van der Waals surface area (Å²) in [5.74, 6) is 0.0343. The third-order valence-corrected chi connectivity index (χ3v) is 7.49. The number of ether oxygens (including phenoxy) is 1. The maximum atomic E-state index is 13.4. The number of amides is 2. The van der Waals surface area contributed by atoms with Gasteiger partial charge in [-0.05, 0) is 66.8 Å². The van der Waals surface area contributed by atoms with E-state index in [-0.39, 0.29) is 11.8 Å². The van der Waals surface area contributed by atoms with E-state index in [0.717, 1.165) is 17.0 Å². The molecular formula is C26H24ClN3O3S2. The van der Waals surface area contributed by atoms with E-state index in [9.17, 15) is 9.59 Å². The predicted octanol–water partition coefficient (Wildman–Crippen LogP) is 6.48. The Morgan fingerprint density at radius 3 is 2.66 bits per heavy atom. The van der Waals surface area contributed by atoms with Crippen molar-refractivity contribution < 1.29 is 14.3 Å². The number of hydrogen-bond donors (Lipinski definition) is 1. The fourth-order valence-electron chi connectivity index (χ4n) is 3.38. The lowest BCUT2D eigenvalue weighted by Crippen LogP contribution is -2.33. The Labute approximate surface area is 217 Å². The SMILES string of the molecule is CCc1ccc(NC(=O)C(C)SC2=N/C(=C\c3cccs3)C(=O)N2c2ccc(OC)c(Cl)c2)cc1. The number of methoxy groups -OCH3 is 1. The zero-order valence-corrected chi connectivity index (χ0v) is 21.8. The maximum absolute atomic E-state index is 13.4. The second-order valence-corrected chi connectivity index (χ2v) is 10.4. The number of hydrogen-bond acceptors (Lipinski definition) is 6. The zero-order valence-electron chi connectivity index (χ0n) is 19.4. The Balaban J connectivity index is 1.59. The highest BCUT2D eigenvalue weighted by Gasteiger charge is 2.34. The smallest absolute Gasteiger partial charge is 0.283 e. The van der Waals surface area contributed by atoms with E-state index in [1.807, 2.05) is 41.8 Å². The minimum Gasteiger partial charge on any atom is -0.495 e. The highest BCUT2D eigenvalue weighted by molar-refractivity contribution is 8.15. The van der Waals surface area contributed by atoms with Crippen LogP contribution in [0.4, 0.5) is 11.4 Å². The molecule has 0 fully saturated rings. The van der Waals surface area contributed by atoms with Crippen molar-refractivity contribution in [2.24, 2.45) is 4.99 Å². The molecule has 1 aromatic heterocycles. The summed E-state index contributed by atoms with van der Waals surface area (Å²) in [6.45, 7) is 3.87. The number of benzene rings is 2. The van der Waals surface area contributed by atoms with E-state index >= 15 is 0 Å². The predicted molar refractivity (Wildman–Crippen MR) is 147 cm³/mol. The van der Waals surface area contributed by atoms with E-state index in [0.29, 0.717) is 27.3 Å². The molecule has 1 atom stereocenters. The van der Waals surface area contributed by atoms with Gasteiger partial charge >= 0.3 is 0 Å². The molecule has 0 radical (unpaired) electrons. The molecule has 1 aliphatic rings. The van der Waals surface area contributed by atoms with E-state index in [2.05, 4.69) is 17.2 Å². The van der Waals surface area contributed by atoms with Gasteiger partial charge in [-0.2, -0.15) is 0 Å². The lowest BCUT2D eigenvalue weighted by Gasteiger charge is -2.20. The number of aliphatic imine (C=N–C) groups is 1. The Kier molecular flexibility index (Phi) is 7.95. The van der Waals surface area contributed by atoms with Crippen LogP contribution in [0.3, 0.4) is 0 Å². The number of thioether (sulfide) groups is 1. The van der Waals surface area contributed by atoms with E-state index in [1.54, 1.807) is 31.2 Å². The molecule has 2 amide bonds. The fraction of sp³-hybridized carbons (Fsp3) is 0.192. The minimum absolute atomic E-state index is 0.183. The second kappa shape index (κ2) is 11.1. The number of aryl methyl sites for hydroxylation is 1. The fourth-order valence-corrected chi connectivity index (χ4v) is 5.21. The monoisotopic (exact) mass is 525 g/mol. The first-order valence-electron chi connectivity index (χ1n) is 11.0. The largest absolute Gasteiger partial charge is 0.495 e. The van der Waals surface area contributed by atoms with Gasteiger partial charge < -0.3 is 10.1 Å². The number of nitrogens with zero attached hydrogens (tertiary/aromatic N) is 2. The summed E-state index contributed by atoms with van der Waals surface area (Å²) in [7, 11) is 1.53. The van der Waals surface area contributed by atoms with Gasteiger partial charge in [0.05, 0.1) is 23.1 Å². The van der Waals surface area contributed by atoms with Crippen molar-refractivity contribution in [3.05, 3.63) is 81.1 Å². The zero-order chi connectivity index (χ0) is 24.9. The van der Waals surface area contributed by atoms with Crippen LogP contribution in [-0.2, 0) is 16.0 Å². The maximum Gasteiger partial charge on any atom is 0.283 e. The second-order valence-electron chi connectivity index (χ2n) is 7.70. The number of carbonyl (C=O) groups excluding carboxylic acids is 2. The first kappa shape index (κ1) is 25.0. The number of amidine groups is 1. The molecule has 3 aromatic rings. The number of thiophene rings is 1. The quantitative estimate of drug-likeness (QED) is 0.358. The lowest BCUT2D eigenvalue weighted by atomic mass is 10.1. The van der Waals surface area contributed by atoms with E-state index < -0.39 is 5.25 Å². The molecule has 0 aliphatic carbocycles. The van der Waals surface area contributed by atoms with Crippen LogP contribution in [0.15, 0.2) is 70.7 Å². The molecule has 4 rings (SSSR count). The van der Waals surface area contributed by atoms with Gasteiger partial charge in [-0.3, -0.25) is 14.5 Å². The summed E-state index contributed by atoms with van der Waals surface area (Å²) in [5, 5.41) is 5.14. The molecule has 9 heteroatoms. The highest BCUT2D eigenvalue weighted by atomic mass is 35.5. The first-order valence-corrected chi connectivity index (χ1v) is 13.1. The van der Waals surface area contributed by atoms with Crippen molar-refractivity contribution in [1.82, 2.24) is 0 Å². The molecule has 35 heavy (non-hydrogen) atoms. The first-order chi connectivity index (χ1) is 16.9. The summed E-state index contributed by atoms with van der Waals surface area (Å²) < 4.78 is 5.24. The third kappa shape index (κ3) is 5.78. The molecular weight excluding hydrogens is 502 g/mol. The standard InChI is InChI=1S/C26H24ClN3O3S2/c1-4-17-7-9-18(10-8-17)28-24(31)16(2)35-26-29-22(15-20-6-5-13-34-20)25(32)30(26)19-11-12-23(33-3)21(27)14-19/h5-16H,4H2,1-3H3,(H,28,31)/b22-15-. The minimum atomic E-state index is -0.510. The average Bonchev–Trinajstić information content (AvgIpc) is 3.47. The molecule has 0 spiro atoms. The lowest BCUT2D eigenvalue weighted by molar-refractivity contribution is -0.115. The van der Waals surface area contributed by atoms with Crippen molar-refractivity contribution >= 4 is 69.1 Å². The molecule has 180 valence electrons. The van der Waals surface area contributed by atoms with Crippen molar-refractivity contribution in [3.63, 3.8) is 0 Å². The topological polar surface area (TPSA) is 71.0 Å². The number of nitrogens with one attached hydrogen (secondary N) is 1. The Morgan fingerprint density at radius 1 is 1.26 bits per heavy atom. The van der Waals surface area contributed by atoms with Gasteiger partial charge in [0.1, 0.15) is 11.4 Å². The summed E-state index contributed by atoms with van der Waals surface area (Å²) in [4.78, 5) is 33.3. The van der Waals surface area contributed by atoms with Crippen LogP contribution >= 0.6 is 34.7 Å². The molecule has 6 nitrogen and oxygen atoms in total. The van der Waals surface area contributed by atoms with Crippen molar-refractivity contribution in [2.75, 3.05) is 17.3 Å². The Bertz CT molecular complexity index is 1290. The van der Waals surface area contributed by atoms with Gasteiger partial charge in [0.2, 0.25) is 5.91 Å². The van der Waals surface area contributed by atoms with Crippen LogP contribution in [0.2, 0.25) is 5.02 Å². The van der Waals surface area contributed by atoms with Crippen molar-refractivity contribution in [2.45, 2.75) is 25.5 Å². The van der Waals surface area contributed by atoms with Crippen LogP contribution in [0.1, 0.15) is 24.3 Å². The van der Waals surface area contributed by atoms with Crippen LogP contribution in [0.25, 0.3) is 6.08 Å². The molecule has 1 unspecified atom stereocenters. The van der Waals surface area contributed by atoms with Gasteiger partial charge in [-0.1, -0.05) is 48.5 Å². The molecule has 0 saturated carbocycles. The summed E-state index contributed by atoms with van der Waals surface area (Å²) in [5.41, 5.74) is 2.76. The molecule has 0 saturated heterocycles. The van der Waals surface area contributed by atoms with E-state index in [1.165, 1.54) is 40.7 Å². The summed E-state index contributed by atoms with van der Waals surface area (Å²) in [6.07, 6.45) is 2.68. The summed E-state index contributed by atoms with van der Waals surface area (Å²) in [6, 6.07) is 16.7. The van der Waals surface area contributed by atoms with Gasteiger partial charge in [-0.15, -0.1) is 11.3 Å². The molecule has 2 heterocycles. The molecule has 1 aliphatic heterocycles. The van der Waals surface area contributed by atoms with Crippen molar-refractivity contribution in [3.8, 4) is 5.75 Å². The normalized spacial score (nSPS) is 15.3. The van der Waals surface area contributed by atoms with E-state index in [4.69, 9.17) is 16.3 Å². The highest BCUT2D eigenvalue weighted by Crippen LogP contribution is 2.35. The van der Waals surface area contributed by atoms with Crippen LogP contribution < -0.4 is 15.0 Å². The van der Waals surface area contributed by atoms with Crippen LogP contribution in [0.5, 0.6) is 5.75 Å². The van der Waals surface area contributed by atoms with Gasteiger partial charge in [0, 0.05) is 10.6 Å². The molecule has 1 N–H and O–H groups in total. The number of anilines is 2. The number of halogens is 1. The average molecular weight is 526 g/mol. The van der Waals surface area contributed by atoms with Crippen LogP contribution in [0, 0.1) is 0 Å². The van der Waals surface area contributed by atoms with Crippen LogP contribution in [-0.4, -0.2) is 29.3 Å². The Hall–Kier alpha value is -3.07. The molecule has 0 bridgehead atoms. The number of rotatable bonds is 7. The van der Waals surface area contributed by atoms with Gasteiger partial charge in [0.15, 0.2) is 5.17 Å². The Morgan fingerprint density at radius 2 is 2.03 bits per heavy atom. The summed E-state index contributed by atoms with van der Waals surface area (Å²) >= 11 is 9.06. The third-order valence-electron chi connectivity index (χ3n) is 5.33. The van der Waals surface area contributed by atoms with Crippen molar-refractivity contribution in [1.29, 1.82) is 0 Å². The number of carbonyl (C=O) groups is 2. The molecule has 2 aromatic carbocycles. The van der Waals surface area contributed by atoms with Gasteiger partial charge in [0.25, 0.3) is 5.91 Å². The van der Waals surface area contributed by atoms with Gasteiger partial charge in [-0.25, -0.2) is 4.99 Å².